The van der Waals surface area contributed by atoms with Gasteiger partial charge in [0.15, 0.2) is 0 Å². The minimum absolute atomic E-state index is 0.0352. The second-order valence-electron chi connectivity index (χ2n) is 9.89. The van der Waals surface area contributed by atoms with Crippen molar-refractivity contribution in [3.63, 3.8) is 0 Å². The Morgan fingerprint density at radius 2 is 0.844 bits per heavy atom. The van der Waals surface area contributed by atoms with E-state index in [1.54, 1.807) is 48.5 Å². The lowest BCUT2D eigenvalue weighted by atomic mass is 10.3. The van der Waals surface area contributed by atoms with E-state index in [9.17, 15) is 39.3 Å². The summed E-state index contributed by atoms with van der Waals surface area (Å²) in [5, 5.41) is 33.5. The van der Waals surface area contributed by atoms with E-state index < -0.39 is 49.4 Å². The molecular formula is C30H41N5O10. The Labute approximate surface area is 261 Å². The number of benzene rings is 2. The maximum absolute atomic E-state index is 12.6. The number of hydrogen-bond acceptors (Lipinski definition) is 10. The number of anilines is 2. The van der Waals surface area contributed by atoms with Gasteiger partial charge in [0.05, 0.1) is 45.9 Å². The average molecular weight is 632 g/mol. The Balaban J connectivity index is 1.98. The standard InChI is InChI=1S/C30H41N5O10/c1-3-44-24-9-5-22(6-10-24)31-26(36)17-34(20-29(40)41)15-13-33(19-28(38)39)14-16-35(21-30(42)43)18-27(37)32-23-7-11-25(12-8-23)45-4-2/h5-12H,3-4,13-21H2,1-2H3,(H,31,36)(H,32,37)(H,38,39)(H,40,41)(H,42,43). The normalized spacial score (nSPS) is 11.0. The first kappa shape index (κ1) is 36.5. The zero-order valence-electron chi connectivity index (χ0n) is 25.4. The second kappa shape index (κ2) is 19.5. The Hall–Kier alpha value is -4.73. The molecule has 5 N–H and O–H groups in total. The molecule has 2 aromatic carbocycles. The number of amides is 2. The molecule has 0 spiro atoms. The van der Waals surface area contributed by atoms with E-state index in [1.807, 2.05) is 13.8 Å². The van der Waals surface area contributed by atoms with Crippen molar-refractivity contribution in [1.82, 2.24) is 14.7 Å². The largest absolute Gasteiger partial charge is 0.494 e. The fourth-order valence-corrected chi connectivity index (χ4v) is 4.25. The molecule has 15 nitrogen and oxygen atoms in total. The number of rotatable bonds is 22. The van der Waals surface area contributed by atoms with Gasteiger partial charge in [-0.2, -0.15) is 0 Å². The predicted octanol–water partition coefficient (Wildman–Crippen LogP) is 1.22. The fraction of sp³-hybridized carbons (Fsp3) is 0.433. The summed E-state index contributed by atoms with van der Waals surface area (Å²) >= 11 is 0. The zero-order valence-corrected chi connectivity index (χ0v) is 25.4. The van der Waals surface area contributed by atoms with E-state index in [4.69, 9.17) is 9.47 Å². The van der Waals surface area contributed by atoms with Gasteiger partial charge in [-0.05, 0) is 62.4 Å². The van der Waals surface area contributed by atoms with Crippen LogP contribution in [-0.4, -0.2) is 132 Å². The van der Waals surface area contributed by atoms with Crippen LogP contribution >= 0.6 is 0 Å². The number of carbonyl (C=O) groups excluding carboxylic acids is 2. The van der Waals surface area contributed by atoms with Crippen LogP contribution < -0.4 is 20.1 Å². The Bertz CT molecular complexity index is 1170. The van der Waals surface area contributed by atoms with E-state index in [0.29, 0.717) is 36.1 Å². The fourth-order valence-electron chi connectivity index (χ4n) is 4.25. The Morgan fingerprint density at radius 3 is 1.16 bits per heavy atom. The van der Waals surface area contributed by atoms with Crippen molar-refractivity contribution in [2.75, 3.05) is 82.8 Å². The monoisotopic (exact) mass is 631 g/mol. The molecule has 0 aliphatic rings. The maximum Gasteiger partial charge on any atom is 0.317 e. The highest BCUT2D eigenvalue weighted by molar-refractivity contribution is 5.93. The third kappa shape index (κ3) is 15.5. The highest BCUT2D eigenvalue weighted by atomic mass is 16.5. The number of nitrogens with one attached hydrogen (secondary N) is 2. The summed E-state index contributed by atoms with van der Waals surface area (Å²) in [5.74, 6) is -3.13. The first-order chi connectivity index (χ1) is 21.5. The molecular weight excluding hydrogens is 590 g/mol. The molecule has 0 radical (unpaired) electrons. The van der Waals surface area contributed by atoms with Crippen molar-refractivity contribution >= 4 is 41.1 Å². The van der Waals surface area contributed by atoms with Gasteiger partial charge in [0.25, 0.3) is 0 Å². The molecule has 0 bridgehead atoms. The summed E-state index contributed by atoms with van der Waals surface area (Å²) in [7, 11) is 0. The minimum Gasteiger partial charge on any atom is -0.494 e. The van der Waals surface area contributed by atoms with Crippen molar-refractivity contribution in [3.8, 4) is 11.5 Å². The number of hydrogen-bond donors (Lipinski definition) is 5. The van der Waals surface area contributed by atoms with E-state index in [2.05, 4.69) is 10.6 Å². The molecule has 246 valence electrons. The summed E-state index contributed by atoms with van der Waals surface area (Å²) in [6.07, 6.45) is 0. The van der Waals surface area contributed by atoms with E-state index in [-0.39, 0.29) is 39.3 Å². The van der Waals surface area contributed by atoms with Crippen LogP contribution in [-0.2, 0) is 24.0 Å². The zero-order chi connectivity index (χ0) is 33.2. The van der Waals surface area contributed by atoms with Crippen molar-refractivity contribution < 1.29 is 48.8 Å². The molecule has 0 heterocycles. The van der Waals surface area contributed by atoms with Gasteiger partial charge < -0.3 is 35.4 Å². The Kier molecular flexibility index (Phi) is 15.8. The van der Waals surface area contributed by atoms with Crippen LogP contribution in [0.25, 0.3) is 0 Å². The quantitative estimate of drug-likeness (QED) is 0.124. The third-order valence-corrected chi connectivity index (χ3v) is 6.17. The topological polar surface area (TPSA) is 198 Å². The van der Waals surface area contributed by atoms with Crippen LogP contribution in [0.2, 0.25) is 0 Å². The first-order valence-electron chi connectivity index (χ1n) is 14.3. The van der Waals surface area contributed by atoms with Crippen molar-refractivity contribution in [3.05, 3.63) is 48.5 Å². The van der Waals surface area contributed by atoms with Gasteiger partial charge in [0.1, 0.15) is 11.5 Å². The van der Waals surface area contributed by atoms with Gasteiger partial charge in [-0.15, -0.1) is 0 Å². The van der Waals surface area contributed by atoms with Crippen LogP contribution in [0.5, 0.6) is 11.5 Å². The lowest BCUT2D eigenvalue weighted by Crippen LogP contribution is -2.46. The Morgan fingerprint density at radius 1 is 0.533 bits per heavy atom. The number of nitrogens with zero attached hydrogens (tertiary/aromatic N) is 3. The number of carbonyl (C=O) groups is 5. The molecule has 0 atom stereocenters. The average Bonchev–Trinajstić information content (AvgIpc) is 2.95. The molecule has 15 heteroatoms. The van der Waals surface area contributed by atoms with Gasteiger partial charge in [-0.25, -0.2) is 0 Å². The molecule has 2 amide bonds. The molecule has 0 unspecified atom stereocenters. The van der Waals surface area contributed by atoms with Crippen LogP contribution in [0, 0.1) is 0 Å². The molecule has 2 rings (SSSR count). The smallest absolute Gasteiger partial charge is 0.317 e. The molecule has 0 aliphatic heterocycles. The summed E-state index contributed by atoms with van der Waals surface area (Å²) < 4.78 is 10.7. The van der Waals surface area contributed by atoms with Crippen LogP contribution in [0.3, 0.4) is 0 Å². The van der Waals surface area contributed by atoms with Crippen LogP contribution in [0.15, 0.2) is 48.5 Å². The highest BCUT2D eigenvalue weighted by Crippen LogP contribution is 2.16. The minimum atomic E-state index is -1.17. The molecule has 45 heavy (non-hydrogen) atoms. The molecule has 0 saturated carbocycles. The van der Waals surface area contributed by atoms with Gasteiger partial charge >= 0.3 is 17.9 Å². The van der Waals surface area contributed by atoms with Crippen molar-refractivity contribution in [2.45, 2.75) is 13.8 Å². The van der Waals surface area contributed by atoms with Gasteiger partial charge in [0.2, 0.25) is 11.8 Å². The molecule has 0 aliphatic carbocycles. The summed E-state index contributed by atoms with van der Waals surface area (Å²) in [6, 6.07) is 13.4. The molecule has 0 aromatic heterocycles. The van der Waals surface area contributed by atoms with E-state index in [1.165, 1.54) is 14.7 Å². The molecule has 0 fully saturated rings. The van der Waals surface area contributed by atoms with Gasteiger partial charge in [-0.1, -0.05) is 0 Å². The predicted molar refractivity (Wildman–Crippen MR) is 165 cm³/mol. The number of carboxylic acid groups (broad SMARTS) is 3. The summed E-state index contributed by atoms with van der Waals surface area (Å²) in [6.45, 7) is 3.00. The second-order valence-corrected chi connectivity index (χ2v) is 9.89. The third-order valence-electron chi connectivity index (χ3n) is 6.17. The van der Waals surface area contributed by atoms with E-state index in [0.717, 1.165) is 0 Å². The lowest BCUT2D eigenvalue weighted by Gasteiger charge is -2.28. The maximum atomic E-state index is 12.6. The summed E-state index contributed by atoms with van der Waals surface area (Å²) in [4.78, 5) is 64.0. The van der Waals surface area contributed by atoms with E-state index >= 15 is 0 Å². The van der Waals surface area contributed by atoms with Crippen molar-refractivity contribution in [2.24, 2.45) is 0 Å². The lowest BCUT2D eigenvalue weighted by molar-refractivity contribution is -0.140. The van der Waals surface area contributed by atoms with Gasteiger partial charge in [-0.3, -0.25) is 38.7 Å². The van der Waals surface area contributed by atoms with Crippen LogP contribution in [0.1, 0.15) is 13.8 Å². The van der Waals surface area contributed by atoms with Crippen LogP contribution in [0.4, 0.5) is 11.4 Å². The van der Waals surface area contributed by atoms with Gasteiger partial charge in [0, 0.05) is 37.6 Å². The summed E-state index contributed by atoms with van der Waals surface area (Å²) in [5.41, 5.74) is 0.993. The number of aliphatic carboxylic acids is 3. The first-order valence-corrected chi connectivity index (χ1v) is 14.3. The molecule has 0 saturated heterocycles. The molecule has 2 aromatic rings. The SMILES string of the molecule is CCOc1ccc(NC(=O)CN(CCN(CCN(CC(=O)O)CC(=O)Nc2ccc(OCC)cc2)CC(=O)O)CC(=O)O)cc1. The van der Waals surface area contributed by atoms with Crippen molar-refractivity contribution in [1.29, 1.82) is 0 Å². The number of carboxylic acids is 3. The number of ether oxygens (including phenoxy) is 2. The highest BCUT2D eigenvalue weighted by Gasteiger charge is 2.20.